The van der Waals surface area contributed by atoms with Crippen molar-refractivity contribution in [3.8, 4) is 11.1 Å². The molecule has 3 rings (SSSR count). The maximum absolute atomic E-state index is 12.1. The zero-order chi connectivity index (χ0) is 24.2. The number of benzene rings is 2. The van der Waals surface area contributed by atoms with Crippen LogP contribution in [0.5, 0.6) is 0 Å². The summed E-state index contributed by atoms with van der Waals surface area (Å²) < 4.78 is 15.9. The maximum Gasteiger partial charge on any atom is 0.407 e. The third kappa shape index (κ3) is 7.57. The van der Waals surface area contributed by atoms with E-state index in [1.807, 2.05) is 24.3 Å². The van der Waals surface area contributed by atoms with Crippen molar-refractivity contribution in [3.63, 3.8) is 0 Å². The fraction of sp³-hybridized carbons (Fsp3) is 0.400. The summed E-state index contributed by atoms with van der Waals surface area (Å²) in [6, 6.07) is 16.3. The Kier molecular flexibility index (Phi) is 9.87. The van der Waals surface area contributed by atoms with E-state index in [2.05, 4.69) is 34.9 Å². The van der Waals surface area contributed by atoms with Crippen molar-refractivity contribution in [2.45, 2.75) is 18.8 Å². The van der Waals surface area contributed by atoms with Crippen LogP contribution in [-0.4, -0.2) is 69.2 Å². The second kappa shape index (κ2) is 13.3. The van der Waals surface area contributed by atoms with Crippen LogP contribution in [0.2, 0.25) is 0 Å². The van der Waals surface area contributed by atoms with Crippen LogP contribution in [0.4, 0.5) is 4.79 Å². The van der Waals surface area contributed by atoms with Gasteiger partial charge in [-0.15, -0.1) is 0 Å². The van der Waals surface area contributed by atoms with Gasteiger partial charge in [0.05, 0.1) is 32.8 Å². The molecule has 0 unspecified atom stereocenters. The van der Waals surface area contributed by atoms with Gasteiger partial charge in [-0.1, -0.05) is 48.5 Å². The van der Waals surface area contributed by atoms with Gasteiger partial charge in [0, 0.05) is 25.4 Å². The molecule has 0 aliphatic heterocycles. The summed E-state index contributed by atoms with van der Waals surface area (Å²) in [5.41, 5.74) is 4.67. The fourth-order valence-corrected chi connectivity index (χ4v) is 3.75. The maximum atomic E-state index is 12.1. The first kappa shape index (κ1) is 25.2. The first-order valence-corrected chi connectivity index (χ1v) is 11.3. The van der Waals surface area contributed by atoms with Gasteiger partial charge in [-0.2, -0.15) is 0 Å². The number of carboxylic acids is 1. The third-order valence-electron chi connectivity index (χ3n) is 5.36. The molecule has 0 spiro atoms. The van der Waals surface area contributed by atoms with E-state index in [9.17, 15) is 14.4 Å². The van der Waals surface area contributed by atoms with Crippen LogP contribution < -0.4 is 10.6 Å². The molecule has 182 valence electrons. The topological polar surface area (TPSA) is 123 Å². The predicted molar refractivity (Wildman–Crippen MR) is 125 cm³/mol. The molecule has 0 heterocycles. The Balaban J connectivity index is 1.24. The van der Waals surface area contributed by atoms with Crippen molar-refractivity contribution < 1.29 is 33.7 Å². The summed E-state index contributed by atoms with van der Waals surface area (Å²) in [5, 5.41) is 13.8. The largest absolute Gasteiger partial charge is 0.481 e. The monoisotopic (exact) mass is 470 g/mol. The summed E-state index contributed by atoms with van der Waals surface area (Å²) in [5.74, 6) is -1.10. The normalized spacial score (nSPS) is 12.0. The second-order valence-electron chi connectivity index (χ2n) is 7.72. The standard InChI is InChI=1S/C25H30N2O7/c28-23(26-11-15-33-14-10-24(29)30)9-13-32-16-12-27-25(31)34-17-22-20-7-3-1-5-18(20)19-6-2-4-8-21(19)22/h1-8,22H,9-17H2,(H,26,28)(H,27,31)(H,29,30). The van der Waals surface area contributed by atoms with Crippen LogP contribution in [0.1, 0.15) is 29.9 Å². The number of rotatable bonds is 14. The lowest BCUT2D eigenvalue weighted by atomic mass is 9.98. The summed E-state index contributed by atoms with van der Waals surface area (Å²) in [6.07, 6.45) is -0.391. The number of carboxylic acid groups (broad SMARTS) is 1. The van der Waals surface area contributed by atoms with Gasteiger partial charge in [-0.25, -0.2) is 4.79 Å². The van der Waals surface area contributed by atoms with Crippen molar-refractivity contribution in [2.24, 2.45) is 0 Å². The Morgan fingerprint density at radius 3 is 1.94 bits per heavy atom. The smallest absolute Gasteiger partial charge is 0.407 e. The van der Waals surface area contributed by atoms with Crippen molar-refractivity contribution >= 4 is 18.0 Å². The van der Waals surface area contributed by atoms with Gasteiger partial charge < -0.3 is 30.0 Å². The van der Waals surface area contributed by atoms with Crippen molar-refractivity contribution in [3.05, 3.63) is 59.7 Å². The zero-order valence-electron chi connectivity index (χ0n) is 19.0. The number of amides is 2. The Morgan fingerprint density at radius 1 is 0.765 bits per heavy atom. The molecule has 0 saturated carbocycles. The first-order valence-electron chi connectivity index (χ1n) is 11.3. The number of hydrogen-bond acceptors (Lipinski definition) is 6. The second-order valence-corrected chi connectivity index (χ2v) is 7.72. The molecular formula is C25H30N2O7. The lowest BCUT2D eigenvalue weighted by Crippen LogP contribution is -2.30. The zero-order valence-corrected chi connectivity index (χ0v) is 19.0. The van der Waals surface area contributed by atoms with Gasteiger partial charge in [-0.05, 0) is 22.3 Å². The van der Waals surface area contributed by atoms with Gasteiger partial charge >= 0.3 is 12.1 Å². The molecule has 0 radical (unpaired) electrons. The summed E-state index contributed by atoms with van der Waals surface area (Å²) >= 11 is 0. The number of aliphatic carboxylic acids is 1. The minimum atomic E-state index is -0.922. The lowest BCUT2D eigenvalue weighted by molar-refractivity contribution is -0.138. The Labute approximate surface area is 198 Å². The number of carbonyl (C=O) groups excluding carboxylic acids is 2. The highest BCUT2D eigenvalue weighted by Gasteiger charge is 2.28. The molecule has 2 amide bonds. The Morgan fingerprint density at radius 2 is 1.32 bits per heavy atom. The predicted octanol–water partition coefficient (Wildman–Crippen LogP) is 2.54. The van der Waals surface area contributed by atoms with E-state index in [0.717, 1.165) is 11.1 Å². The number of fused-ring (bicyclic) bond motifs is 3. The third-order valence-corrected chi connectivity index (χ3v) is 5.36. The molecule has 34 heavy (non-hydrogen) atoms. The van der Waals surface area contributed by atoms with E-state index >= 15 is 0 Å². The van der Waals surface area contributed by atoms with E-state index in [1.165, 1.54) is 11.1 Å². The van der Waals surface area contributed by atoms with Crippen molar-refractivity contribution in [1.29, 1.82) is 0 Å². The Hall–Kier alpha value is -3.43. The number of carbonyl (C=O) groups is 3. The molecule has 3 N–H and O–H groups in total. The van der Waals surface area contributed by atoms with Crippen molar-refractivity contribution in [2.75, 3.05) is 46.1 Å². The van der Waals surface area contributed by atoms with Crippen molar-refractivity contribution in [1.82, 2.24) is 10.6 Å². The molecule has 9 heteroatoms. The molecule has 2 aromatic carbocycles. The SMILES string of the molecule is O=C(O)CCOCCNC(=O)CCOCCNC(=O)OCC1c2ccccc2-c2ccccc21. The molecule has 0 fully saturated rings. The molecule has 9 nitrogen and oxygen atoms in total. The number of alkyl carbamates (subject to hydrolysis) is 1. The lowest BCUT2D eigenvalue weighted by Gasteiger charge is -2.14. The molecule has 0 saturated heterocycles. The quantitative estimate of drug-likeness (QED) is 0.363. The highest BCUT2D eigenvalue weighted by molar-refractivity contribution is 5.79. The summed E-state index contributed by atoms with van der Waals surface area (Å²) in [6.45, 7) is 1.68. The van der Waals surface area contributed by atoms with Crippen LogP contribution in [-0.2, 0) is 23.8 Å². The minimum Gasteiger partial charge on any atom is -0.481 e. The van der Waals surface area contributed by atoms with Gasteiger partial charge in [0.1, 0.15) is 6.61 Å². The number of nitrogens with one attached hydrogen (secondary N) is 2. The number of hydrogen-bond donors (Lipinski definition) is 3. The number of ether oxygens (including phenoxy) is 3. The van der Waals surface area contributed by atoms with Crippen LogP contribution in [0.25, 0.3) is 11.1 Å². The van der Waals surface area contributed by atoms with Gasteiger partial charge in [0.25, 0.3) is 0 Å². The summed E-state index contributed by atoms with van der Waals surface area (Å²) in [4.78, 5) is 34.1. The highest BCUT2D eigenvalue weighted by Crippen LogP contribution is 2.44. The van der Waals surface area contributed by atoms with Gasteiger partial charge in [0.15, 0.2) is 0 Å². The minimum absolute atomic E-state index is 0.00971. The average Bonchev–Trinajstić information content (AvgIpc) is 3.15. The molecule has 0 bridgehead atoms. The van der Waals surface area contributed by atoms with E-state index in [1.54, 1.807) is 0 Å². The molecule has 1 aliphatic rings. The van der Waals surface area contributed by atoms with Gasteiger partial charge in [-0.3, -0.25) is 9.59 Å². The average molecular weight is 471 g/mol. The first-order chi connectivity index (χ1) is 16.6. The van der Waals surface area contributed by atoms with Gasteiger partial charge in [0.2, 0.25) is 5.91 Å². The van der Waals surface area contributed by atoms with E-state index in [4.69, 9.17) is 19.3 Å². The highest BCUT2D eigenvalue weighted by atomic mass is 16.5. The summed E-state index contributed by atoms with van der Waals surface area (Å²) in [7, 11) is 0. The van der Waals surface area contributed by atoms with Crippen LogP contribution in [0.3, 0.4) is 0 Å². The Bertz CT molecular complexity index is 934. The van der Waals surface area contributed by atoms with E-state index in [-0.39, 0.29) is 64.2 Å². The molecule has 0 aromatic heterocycles. The van der Waals surface area contributed by atoms with Crippen LogP contribution >= 0.6 is 0 Å². The molecule has 0 atom stereocenters. The van der Waals surface area contributed by atoms with E-state index < -0.39 is 12.1 Å². The molecule has 1 aliphatic carbocycles. The van der Waals surface area contributed by atoms with Crippen LogP contribution in [0, 0.1) is 0 Å². The fourth-order valence-electron chi connectivity index (χ4n) is 3.75. The van der Waals surface area contributed by atoms with E-state index in [0.29, 0.717) is 6.54 Å². The molecular weight excluding hydrogens is 440 g/mol. The molecule has 2 aromatic rings. The van der Waals surface area contributed by atoms with Crippen LogP contribution in [0.15, 0.2) is 48.5 Å².